The van der Waals surface area contributed by atoms with E-state index in [1.165, 1.54) is 6.08 Å². The molecule has 2 bridgehead atoms. The van der Waals surface area contributed by atoms with Crippen molar-refractivity contribution in [1.82, 2.24) is 0 Å². The van der Waals surface area contributed by atoms with Crippen molar-refractivity contribution in [2.75, 3.05) is 0 Å². The summed E-state index contributed by atoms with van der Waals surface area (Å²) in [6.07, 6.45) is 4.55. The van der Waals surface area contributed by atoms with Crippen molar-refractivity contribution in [3.05, 3.63) is 85.1 Å². The minimum Gasteiger partial charge on any atom is -0.481 e. The first-order valence-corrected chi connectivity index (χ1v) is 22.7. The van der Waals surface area contributed by atoms with Crippen molar-refractivity contribution in [1.29, 1.82) is 0 Å². The Bertz CT molecular complexity index is 1660. The smallest absolute Gasteiger partial charge is 0.311 e. The molecule has 368 valence electrons. The third kappa shape index (κ3) is 18.8. The monoisotopic (exact) mass is 922 g/mol. The lowest BCUT2D eigenvalue weighted by atomic mass is 9.81. The average molecular weight is 922 g/mol. The average Bonchev–Trinajstić information content (AvgIpc) is 3.21. The van der Waals surface area contributed by atoms with Crippen LogP contribution in [0.5, 0.6) is 0 Å². The topological polar surface area (TPSA) is 321 Å². The fourth-order valence-electron chi connectivity index (χ4n) is 8.59. The second-order valence-electron chi connectivity index (χ2n) is 18.2. The van der Waals surface area contributed by atoms with Crippen LogP contribution in [0, 0.1) is 23.7 Å². The molecular formula is C48H75NO16. The number of aliphatic hydroxyl groups is 11. The molecule has 0 aromatic heterocycles. The molecule has 0 radical (unpaired) electrons. The Hall–Kier alpha value is -3.24. The van der Waals surface area contributed by atoms with Gasteiger partial charge < -0.3 is 76.5 Å². The molecule has 0 aromatic rings. The van der Waals surface area contributed by atoms with Gasteiger partial charge in [-0.15, -0.1) is 0 Å². The molecule has 3 rings (SSSR count). The highest BCUT2D eigenvalue weighted by atomic mass is 16.6. The van der Waals surface area contributed by atoms with Gasteiger partial charge in [0.25, 0.3) is 0 Å². The molecule has 19 atom stereocenters. The molecule has 1 saturated heterocycles. The first-order chi connectivity index (χ1) is 30.6. The summed E-state index contributed by atoms with van der Waals surface area (Å²) in [5.74, 6) is -6.23. The highest BCUT2D eigenvalue weighted by Gasteiger charge is 2.51. The minimum absolute atomic E-state index is 0.0713. The quantitative estimate of drug-likeness (QED) is 0.186. The van der Waals surface area contributed by atoms with Gasteiger partial charge in [-0.25, -0.2) is 0 Å². The summed E-state index contributed by atoms with van der Waals surface area (Å²) in [5.41, 5.74) is 5.94. The van der Waals surface area contributed by atoms with Crippen molar-refractivity contribution in [3.8, 4) is 0 Å². The van der Waals surface area contributed by atoms with Crippen LogP contribution in [0.4, 0.5) is 0 Å². The number of rotatable bonds is 3. The van der Waals surface area contributed by atoms with Gasteiger partial charge in [0, 0.05) is 50.9 Å². The van der Waals surface area contributed by atoms with Crippen molar-refractivity contribution in [2.24, 2.45) is 29.4 Å². The molecule has 17 heteroatoms. The van der Waals surface area contributed by atoms with Crippen molar-refractivity contribution in [2.45, 2.75) is 176 Å². The van der Waals surface area contributed by atoms with Crippen molar-refractivity contribution in [3.63, 3.8) is 0 Å². The van der Waals surface area contributed by atoms with Gasteiger partial charge in [-0.05, 0) is 31.1 Å². The Morgan fingerprint density at radius 3 is 1.78 bits per heavy atom. The van der Waals surface area contributed by atoms with Crippen LogP contribution in [0.25, 0.3) is 0 Å². The van der Waals surface area contributed by atoms with Gasteiger partial charge in [-0.2, -0.15) is 0 Å². The lowest BCUT2D eigenvalue weighted by Crippen LogP contribution is -2.61. The second-order valence-corrected chi connectivity index (χ2v) is 18.2. The number of hydrogen-bond donors (Lipinski definition) is 13. The molecule has 5 unspecified atom stereocenters. The van der Waals surface area contributed by atoms with Crippen molar-refractivity contribution >= 4 is 11.8 Å². The standard InChI is InChI=1S/C48H75NO16/c1-28-16-14-12-10-8-6-4-5-7-9-11-13-15-17-35(64-41-25-38(56)45(59)43(49)46(41)60)24-40-42(47(61)62)39(57)27-48(63,65-40)26-34(53)23-37(55)36(54)19-18-31(50)21-33(52)22-32(51)20-29(2)30(3)44(28)58/h4-17,28-31,33-46,50,52-60,63H,18-27,49H2,1-3H3,(H,61,62)/b5-4+,8-6+,9-7+,12-10+,13-11+,16-14+,17-15+/t28-,29+,30-,31+,33+,34-,35-,36+,37+,38?,39-,40-,41?,42+,43?,44+,45?,46?,48+/m0/s1. The van der Waals surface area contributed by atoms with Crippen LogP contribution in [-0.2, 0) is 19.1 Å². The number of aliphatic hydroxyl groups excluding tert-OH is 10. The number of carboxylic acids is 1. The van der Waals surface area contributed by atoms with E-state index in [1.807, 2.05) is 57.2 Å². The number of ketones is 1. The number of aliphatic carboxylic acids is 1. The molecule has 3 aliphatic rings. The molecule has 0 amide bonds. The maximum absolute atomic E-state index is 12.8. The number of fused-ring (bicyclic) bond motifs is 2. The lowest BCUT2D eigenvalue weighted by Gasteiger charge is -2.45. The molecule has 65 heavy (non-hydrogen) atoms. The zero-order valence-corrected chi connectivity index (χ0v) is 37.6. The molecule has 14 N–H and O–H groups in total. The summed E-state index contributed by atoms with van der Waals surface area (Å²) in [6, 6.07) is -1.27. The van der Waals surface area contributed by atoms with Crippen molar-refractivity contribution < 1.29 is 80.3 Å². The molecule has 17 nitrogen and oxygen atoms in total. The van der Waals surface area contributed by atoms with E-state index in [4.69, 9.17) is 15.2 Å². The number of hydrogen-bond acceptors (Lipinski definition) is 16. The Kier molecular flexibility index (Phi) is 23.8. The van der Waals surface area contributed by atoms with Crippen LogP contribution in [0.3, 0.4) is 0 Å². The first kappa shape index (κ1) is 56.1. The fraction of sp³-hybridized carbons (Fsp3) is 0.667. The highest BCUT2D eigenvalue weighted by molar-refractivity contribution is 5.79. The Balaban J connectivity index is 1.86. The lowest BCUT2D eigenvalue weighted by molar-refractivity contribution is -0.301. The molecular weight excluding hydrogens is 847 g/mol. The number of ether oxygens (including phenoxy) is 2. The molecule has 2 aliphatic heterocycles. The number of allylic oxidation sites excluding steroid dienone is 12. The predicted molar refractivity (Wildman–Crippen MR) is 240 cm³/mol. The SMILES string of the molecule is C[C@@H]1[C@H](O)[C@@H](C)/C=C/C=C/C=C/C=C/C=C/C=C/C=C/[C@H](OC2CC(O)C(O)C(N)C2O)C[C@@H]2O[C@](O)(C[C@@H](O)C[C@@H](O)[C@H](O)CC[C@@H](O)C[C@@H](O)CC(=O)C[C@H]1C)C[C@H](O)[C@H]2C(=O)O. The summed E-state index contributed by atoms with van der Waals surface area (Å²) >= 11 is 0. The van der Waals surface area contributed by atoms with Gasteiger partial charge in [0.1, 0.15) is 11.7 Å². The van der Waals surface area contributed by atoms with Gasteiger partial charge in [0.15, 0.2) is 5.79 Å². The van der Waals surface area contributed by atoms with Crippen LogP contribution in [-0.4, -0.2) is 164 Å². The van der Waals surface area contributed by atoms with Gasteiger partial charge in [-0.1, -0.05) is 106 Å². The summed E-state index contributed by atoms with van der Waals surface area (Å²) in [7, 11) is 0. The number of carbonyl (C=O) groups is 2. The largest absolute Gasteiger partial charge is 0.481 e. The molecule has 0 spiro atoms. The van der Waals surface area contributed by atoms with E-state index in [0.29, 0.717) is 0 Å². The Morgan fingerprint density at radius 2 is 1.20 bits per heavy atom. The van der Waals surface area contributed by atoms with E-state index in [-0.39, 0.29) is 68.5 Å². The Morgan fingerprint density at radius 1 is 0.631 bits per heavy atom. The van der Waals surface area contributed by atoms with E-state index in [1.54, 1.807) is 42.5 Å². The minimum atomic E-state index is -2.32. The summed E-state index contributed by atoms with van der Waals surface area (Å²) in [5, 5.41) is 129. The van der Waals surface area contributed by atoms with E-state index < -0.39 is 122 Å². The van der Waals surface area contributed by atoms with Crippen LogP contribution in [0.1, 0.15) is 85.0 Å². The van der Waals surface area contributed by atoms with Gasteiger partial charge in [-0.3, -0.25) is 9.59 Å². The summed E-state index contributed by atoms with van der Waals surface area (Å²) in [4.78, 5) is 25.3. The number of nitrogens with two attached hydrogens (primary N) is 1. The molecule has 0 aromatic carbocycles. The third-order valence-corrected chi connectivity index (χ3v) is 12.7. The number of Topliss-reactive ketones (excluding diaryl/α,β-unsaturated/α-hetero) is 1. The molecule has 2 fully saturated rings. The van der Waals surface area contributed by atoms with Crippen LogP contribution in [0.15, 0.2) is 85.1 Å². The molecule has 1 aliphatic carbocycles. The van der Waals surface area contributed by atoms with Gasteiger partial charge in [0.2, 0.25) is 0 Å². The number of carbonyl (C=O) groups excluding carboxylic acids is 1. The van der Waals surface area contributed by atoms with E-state index >= 15 is 0 Å². The normalized spacial score (nSPS) is 45.6. The first-order valence-electron chi connectivity index (χ1n) is 22.7. The van der Waals surface area contributed by atoms with E-state index in [0.717, 1.165) is 0 Å². The van der Waals surface area contributed by atoms with E-state index in [2.05, 4.69) is 0 Å². The zero-order valence-electron chi connectivity index (χ0n) is 37.6. The van der Waals surface area contributed by atoms with Crippen LogP contribution < -0.4 is 5.73 Å². The maximum Gasteiger partial charge on any atom is 0.311 e. The molecule has 1 saturated carbocycles. The van der Waals surface area contributed by atoms with E-state index in [9.17, 15) is 70.9 Å². The van der Waals surface area contributed by atoms with Crippen LogP contribution in [0.2, 0.25) is 0 Å². The number of carboxylic acid groups (broad SMARTS) is 1. The third-order valence-electron chi connectivity index (χ3n) is 12.7. The Labute approximate surface area is 381 Å². The van der Waals surface area contributed by atoms with Gasteiger partial charge in [0.05, 0.1) is 85.4 Å². The summed E-state index contributed by atoms with van der Waals surface area (Å²) in [6.45, 7) is 5.61. The molecule has 2 heterocycles. The highest BCUT2D eigenvalue weighted by Crippen LogP contribution is 2.38. The maximum atomic E-state index is 12.8. The second kappa shape index (κ2) is 27.5. The van der Waals surface area contributed by atoms with Crippen LogP contribution >= 0.6 is 0 Å². The predicted octanol–water partition coefficient (Wildman–Crippen LogP) is 0.764. The zero-order chi connectivity index (χ0) is 48.4. The van der Waals surface area contributed by atoms with Gasteiger partial charge >= 0.3 is 5.97 Å². The fourth-order valence-corrected chi connectivity index (χ4v) is 8.59. The summed E-state index contributed by atoms with van der Waals surface area (Å²) < 4.78 is 12.1.